The van der Waals surface area contributed by atoms with Gasteiger partial charge in [0.2, 0.25) is 5.91 Å². The Bertz CT molecular complexity index is 1090. The van der Waals surface area contributed by atoms with E-state index in [4.69, 9.17) is 4.74 Å². The zero-order valence-electron chi connectivity index (χ0n) is 17.4. The fraction of sp³-hybridized carbons (Fsp3) is 0.167. The molecule has 0 aliphatic rings. The van der Waals surface area contributed by atoms with E-state index in [0.29, 0.717) is 12.4 Å². The fourth-order valence-corrected chi connectivity index (χ4v) is 2.97. The Labute approximate surface area is 180 Å². The number of nitro groups is 1. The van der Waals surface area contributed by atoms with Crippen LogP contribution in [0.1, 0.15) is 27.8 Å². The van der Waals surface area contributed by atoms with Gasteiger partial charge in [0, 0.05) is 12.1 Å². The van der Waals surface area contributed by atoms with Gasteiger partial charge in [0.1, 0.15) is 12.4 Å². The van der Waals surface area contributed by atoms with Crippen molar-refractivity contribution in [2.45, 2.75) is 26.9 Å². The summed E-state index contributed by atoms with van der Waals surface area (Å²) in [5, 5.41) is 14.7. The molecule has 0 spiro atoms. The molecule has 0 saturated carbocycles. The second kappa shape index (κ2) is 10.2. The summed E-state index contributed by atoms with van der Waals surface area (Å²) in [6.45, 7) is 4.32. The van der Waals surface area contributed by atoms with Crippen LogP contribution in [-0.2, 0) is 17.8 Å². The number of hydrogen-bond donors (Lipinski definition) is 1. The first-order valence-corrected chi connectivity index (χ1v) is 9.75. The summed E-state index contributed by atoms with van der Waals surface area (Å²) in [7, 11) is 0. The van der Waals surface area contributed by atoms with E-state index in [-0.39, 0.29) is 18.0 Å². The molecule has 7 nitrogen and oxygen atoms in total. The largest absolute Gasteiger partial charge is 0.489 e. The van der Waals surface area contributed by atoms with Crippen LogP contribution >= 0.6 is 0 Å². The number of amides is 1. The molecule has 3 rings (SSSR count). The number of hydrogen-bond acceptors (Lipinski definition) is 5. The first kappa shape index (κ1) is 21.7. The van der Waals surface area contributed by atoms with Crippen LogP contribution < -0.4 is 10.2 Å². The van der Waals surface area contributed by atoms with Crippen molar-refractivity contribution in [1.82, 2.24) is 5.43 Å². The number of ether oxygens (including phenoxy) is 1. The molecule has 0 unspecified atom stereocenters. The highest BCUT2D eigenvalue weighted by atomic mass is 16.6. The van der Waals surface area contributed by atoms with Crippen LogP contribution in [0, 0.1) is 24.0 Å². The maximum Gasteiger partial charge on any atom is 0.269 e. The Hall–Kier alpha value is -4.00. The van der Waals surface area contributed by atoms with E-state index in [0.717, 1.165) is 22.3 Å². The lowest BCUT2D eigenvalue weighted by Gasteiger charge is -2.07. The molecule has 158 valence electrons. The monoisotopic (exact) mass is 417 g/mol. The van der Waals surface area contributed by atoms with Gasteiger partial charge in [-0.2, -0.15) is 5.10 Å². The van der Waals surface area contributed by atoms with Crippen molar-refractivity contribution in [2.75, 3.05) is 0 Å². The van der Waals surface area contributed by atoms with E-state index in [1.807, 2.05) is 38.1 Å². The zero-order valence-corrected chi connectivity index (χ0v) is 17.4. The number of aryl methyl sites for hydroxylation is 2. The van der Waals surface area contributed by atoms with Gasteiger partial charge in [-0.1, -0.05) is 23.8 Å². The average molecular weight is 417 g/mol. The van der Waals surface area contributed by atoms with Gasteiger partial charge in [-0.25, -0.2) is 5.43 Å². The van der Waals surface area contributed by atoms with Crippen LogP contribution in [0.5, 0.6) is 5.75 Å². The lowest BCUT2D eigenvalue weighted by Crippen LogP contribution is -2.20. The Balaban J connectivity index is 1.47. The molecule has 0 radical (unpaired) electrons. The topological polar surface area (TPSA) is 93.8 Å². The number of nitro benzene ring substituents is 1. The normalized spacial score (nSPS) is 10.8. The molecule has 0 aliphatic heterocycles. The molecular weight excluding hydrogens is 394 g/mol. The minimum absolute atomic E-state index is 0.0495. The molecule has 3 aromatic carbocycles. The number of carbonyl (C=O) groups excluding carboxylic acids is 1. The molecule has 1 N–H and O–H groups in total. The number of nitrogens with zero attached hydrogens (tertiary/aromatic N) is 2. The summed E-state index contributed by atoms with van der Waals surface area (Å²) in [5.41, 5.74) is 7.48. The smallest absolute Gasteiger partial charge is 0.269 e. The lowest BCUT2D eigenvalue weighted by molar-refractivity contribution is -0.384. The van der Waals surface area contributed by atoms with Crippen molar-refractivity contribution in [3.63, 3.8) is 0 Å². The van der Waals surface area contributed by atoms with Gasteiger partial charge >= 0.3 is 0 Å². The highest BCUT2D eigenvalue weighted by Crippen LogP contribution is 2.16. The van der Waals surface area contributed by atoms with E-state index in [9.17, 15) is 14.9 Å². The minimum atomic E-state index is -0.434. The van der Waals surface area contributed by atoms with Gasteiger partial charge in [0.25, 0.3) is 5.69 Å². The molecule has 0 aromatic heterocycles. The number of benzene rings is 3. The zero-order chi connectivity index (χ0) is 22.2. The van der Waals surface area contributed by atoms with Gasteiger partial charge in [-0.05, 0) is 72.5 Å². The SMILES string of the molecule is Cc1ccc(CC(=O)N/N=C\c2ccc(OCc3ccc([N+](=O)[O-])cc3)cc2)c(C)c1. The van der Waals surface area contributed by atoms with Crippen LogP contribution in [-0.4, -0.2) is 17.0 Å². The van der Waals surface area contributed by atoms with Crippen LogP contribution in [0.25, 0.3) is 0 Å². The summed E-state index contributed by atoms with van der Waals surface area (Å²) >= 11 is 0. The molecule has 0 atom stereocenters. The van der Waals surface area contributed by atoms with Crippen molar-refractivity contribution in [3.05, 3.63) is 105 Å². The second-order valence-corrected chi connectivity index (χ2v) is 7.18. The van der Waals surface area contributed by atoms with Crippen LogP contribution in [0.2, 0.25) is 0 Å². The van der Waals surface area contributed by atoms with Gasteiger partial charge in [0.15, 0.2) is 0 Å². The molecule has 0 bridgehead atoms. The molecule has 0 saturated heterocycles. The summed E-state index contributed by atoms with van der Waals surface area (Å²) in [6, 6.07) is 19.5. The van der Waals surface area contributed by atoms with Gasteiger partial charge in [-0.3, -0.25) is 14.9 Å². The molecular formula is C24H23N3O4. The van der Waals surface area contributed by atoms with Gasteiger partial charge in [0.05, 0.1) is 17.6 Å². The molecule has 1 amide bonds. The Morgan fingerprint density at radius 1 is 1.06 bits per heavy atom. The number of rotatable bonds is 8. The average Bonchev–Trinajstić information content (AvgIpc) is 2.75. The molecule has 3 aromatic rings. The van der Waals surface area contributed by atoms with Crippen LogP contribution in [0.3, 0.4) is 0 Å². The first-order valence-electron chi connectivity index (χ1n) is 9.75. The third-order valence-electron chi connectivity index (χ3n) is 4.68. The number of hydrazone groups is 1. The Kier molecular flexibility index (Phi) is 7.11. The predicted octanol–water partition coefficient (Wildman–Crippen LogP) is 4.48. The number of non-ortho nitro benzene ring substituents is 1. The van der Waals surface area contributed by atoms with Gasteiger partial charge in [-0.15, -0.1) is 0 Å². The van der Waals surface area contributed by atoms with Crippen molar-refractivity contribution in [3.8, 4) is 5.75 Å². The van der Waals surface area contributed by atoms with Crippen molar-refractivity contribution < 1.29 is 14.5 Å². The number of nitrogens with one attached hydrogen (secondary N) is 1. The number of carbonyl (C=O) groups is 1. The van der Waals surface area contributed by atoms with Crippen molar-refractivity contribution in [1.29, 1.82) is 0 Å². The first-order chi connectivity index (χ1) is 14.9. The summed E-state index contributed by atoms with van der Waals surface area (Å²) in [4.78, 5) is 22.3. The van der Waals surface area contributed by atoms with E-state index in [1.165, 1.54) is 17.7 Å². The highest BCUT2D eigenvalue weighted by Gasteiger charge is 2.06. The van der Waals surface area contributed by atoms with Gasteiger partial charge < -0.3 is 4.74 Å². The molecule has 31 heavy (non-hydrogen) atoms. The Morgan fingerprint density at radius 2 is 1.77 bits per heavy atom. The second-order valence-electron chi connectivity index (χ2n) is 7.18. The van der Waals surface area contributed by atoms with E-state index >= 15 is 0 Å². The molecule has 0 aliphatic carbocycles. The minimum Gasteiger partial charge on any atom is -0.489 e. The molecule has 0 heterocycles. The summed E-state index contributed by atoms with van der Waals surface area (Å²) in [6.07, 6.45) is 1.85. The Morgan fingerprint density at radius 3 is 2.42 bits per heavy atom. The summed E-state index contributed by atoms with van der Waals surface area (Å²) in [5.74, 6) is 0.487. The molecule has 7 heteroatoms. The van der Waals surface area contributed by atoms with E-state index < -0.39 is 4.92 Å². The third-order valence-corrected chi connectivity index (χ3v) is 4.68. The summed E-state index contributed by atoms with van der Waals surface area (Å²) < 4.78 is 5.69. The lowest BCUT2D eigenvalue weighted by atomic mass is 10.0. The predicted molar refractivity (Wildman–Crippen MR) is 119 cm³/mol. The standard InChI is InChI=1S/C24H23N3O4/c1-17-3-8-21(18(2)13-17)14-24(28)26-25-15-19-6-11-23(12-7-19)31-16-20-4-9-22(10-5-20)27(29)30/h3-13,15H,14,16H2,1-2H3,(H,26,28)/b25-15-. The van der Waals surface area contributed by atoms with E-state index in [1.54, 1.807) is 30.5 Å². The maximum atomic E-state index is 12.1. The molecule has 0 fully saturated rings. The maximum absolute atomic E-state index is 12.1. The highest BCUT2D eigenvalue weighted by molar-refractivity contribution is 5.83. The van der Waals surface area contributed by atoms with Crippen LogP contribution in [0.15, 0.2) is 71.8 Å². The van der Waals surface area contributed by atoms with Crippen molar-refractivity contribution in [2.24, 2.45) is 5.10 Å². The van der Waals surface area contributed by atoms with Crippen LogP contribution in [0.4, 0.5) is 5.69 Å². The van der Waals surface area contributed by atoms with E-state index in [2.05, 4.69) is 16.6 Å². The fourth-order valence-electron chi connectivity index (χ4n) is 2.97. The quantitative estimate of drug-likeness (QED) is 0.332. The van der Waals surface area contributed by atoms with Crippen molar-refractivity contribution >= 4 is 17.8 Å². The third kappa shape index (κ3) is 6.50.